The largest absolute Gasteiger partial charge is 0.377 e. The zero-order chi connectivity index (χ0) is 14.9. The number of nitrogens with one attached hydrogen (secondary N) is 1. The highest BCUT2D eigenvalue weighted by molar-refractivity contribution is 5.85. The van der Waals surface area contributed by atoms with Crippen molar-refractivity contribution in [3.63, 3.8) is 0 Å². The zero-order valence-electron chi connectivity index (χ0n) is 13.1. The van der Waals surface area contributed by atoms with Crippen molar-refractivity contribution in [1.29, 1.82) is 0 Å². The molecular formula is C16H29N3O2. The van der Waals surface area contributed by atoms with Crippen LogP contribution in [0, 0.1) is 0 Å². The Hall–Kier alpha value is -0.650. The van der Waals surface area contributed by atoms with Crippen LogP contribution in [0.5, 0.6) is 0 Å². The summed E-state index contributed by atoms with van der Waals surface area (Å²) in [4.78, 5) is 14.3. The molecule has 0 aromatic carbocycles. The van der Waals surface area contributed by atoms with Crippen LogP contribution >= 0.6 is 0 Å². The maximum absolute atomic E-state index is 12.0. The lowest BCUT2D eigenvalue weighted by Gasteiger charge is -2.32. The van der Waals surface area contributed by atoms with Gasteiger partial charge in [-0.25, -0.2) is 0 Å². The van der Waals surface area contributed by atoms with Crippen molar-refractivity contribution in [2.45, 2.75) is 75.1 Å². The van der Waals surface area contributed by atoms with Crippen LogP contribution in [0.15, 0.2) is 0 Å². The fraction of sp³-hybridized carbons (Fsp3) is 0.938. The number of amides is 1. The van der Waals surface area contributed by atoms with Gasteiger partial charge in [0, 0.05) is 25.2 Å². The Balaban J connectivity index is 1.55. The van der Waals surface area contributed by atoms with E-state index in [2.05, 4.69) is 17.3 Å². The molecule has 120 valence electrons. The van der Waals surface area contributed by atoms with E-state index in [0.29, 0.717) is 18.2 Å². The molecule has 5 heteroatoms. The topological polar surface area (TPSA) is 67.6 Å². The lowest BCUT2D eigenvalue weighted by atomic mass is 9.96. The molecule has 3 atom stereocenters. The summed E-state index contributed by atoms with van der Waals surface area (Å²) in [5.41, 5.74) is 5.25. The Labute approximate surface area is 127 Å². The predicted molar refractivity (Wildman–Crippen MR) is 81.9 cm³/mol. The van der Waals surface area contributed by atoms with Crippen molar-refractivity contribution < 1.29 is 9.53 Å². The monoisotopic (exact) mass is 295 g/mol. The van der Waals surface area contributed by atoms with E-state index in [-0.39, 0.29) is 5.91 Å². The molecule has 0 spiro atoms. The van der Waals surface area contributed by atoms with Gasteiger partial charge in [-0.05, 0) is 58.4 Å². The molecule has 0 radical (unpaired) electrons. The minimum absolute atomic E-state index is 0.167. The first-order valence-corrected chi connectivity index (χ1v) is 8.48. The van der Waals surface area contributed by atoms with Gasteiger partial charge < -0.3 is 20.7 Å². The number of hydrogen-bond donors (Lipinski definition) is 2. The number of nitrogens with zero attached hydrogens (tertiary/aromatic N) is 1. The second-order valence-electron chi connectivity index (χ2n) is 7.19. The van der Waals surface area contributed by atoms with Crippen LogP contribution in [0.1, 0.15) is 51.4 Å². The van der Waals surface area contributed by atoms with Crippen molar-refractivity contribution in [1.82, 2.24) is 10.2 Å². The van der Waals surface area contributed by atoms with E-state index in [1.165, 1.54) is 32.1 Å². The molecular weight excluding hydrogens is 266 g/mol. The second kappa shape index (κ2) is 6.23. The minimum Gasteiger partial charge on any atom is -0.377 e. The van der Waals surface area contributed by atoms with Crippen LogP contribution in [-0.2, 0) is 9.53 Å². The molecule has 3 aliphatic rings. The van der Waals surface area contributed by atoms with Gasteiger partial charge in [0.1, 0.15) is 0 Å². The van der Waals surface area contributed by atoms with E-state index in [0.717, 1.165) is 32.4 Å². The van der Waals surface area contributed by atoms with E-state index >= 15 is 0 Å². The van der Waals surface area contributed by atoms with Gasteiger partial charge >= 0.3 is 0 Å². The van der Waals surface area contributed by atoms with Gasteiger partial charge in [0.2, 0.25) is 5.91 Å². The standard InChI is InChI=1S/C16H29N3O2/c1-19(11-14-4-2-3-9-21-14)13-7-8-16(10-13,15(17)20)18-12-5-6-12/h12-14,18H,2-11H2,1H3,(H2,17,20). The predicted octanol–water partition coefficient (Wildman–Crippen LogP) is 1.02. The normalized spacial score (nSPS) is 37.0. The van der Waals surface area contributed by atoms with Gasteiger partial charge in [0.05, 0.1) is 11.6 Å². The number of rotatable bonds is 6. The number of carbonyl (C=O) groups excluding carboxylic acids is 1. The molecule has 1 amide bonds. The first kappa shape index (κ1) is 15.3. The van der Waals surface area contributed by atoms with E-state index in [9.17, 15) is 4.79 Å². The Bertz CT molecular complexity index is 380. The van der Waals surface area contributed by atoms with Crippen molar-refractivity contribution >= 4 is 5.91 Å². The maximum atomic E-state index is 12.0. The molecule has 3 rings (SSSR count). The lowest BCUT2D eigenvalue weighted by molar-refractivity contribution is -0.124. The number of likely N-dealkylation sites (N-methyl/N-ethyl adjacent to an activating group) is 1. The SMILES string of the molecule is CN(CC1CCCCO1)C1CCC(NC2CC2)(C(N)=O)C1. The van der Waals surface area contributed by atoms with Gasteiger partial charge in [0.15, 0.2) is 0 Å². The summed E-state index contributed by atoms with van der Waals surface area (Å²) >= 11 is 0. The third-order valence-electron chi connectivity index (χ3n) is 5.41. The third-order valence-corrected chi connectivity index (χ3v) is 5.41. The number of hydrogen-bond acceptors (Lipinski definition) is 4. The molecule has 0 aromatic heterocycles. The summed E-state index contributed by atoms with van der Waals surface area (Å²) in [6.45, 7) is 1.88. The molecule has 0 aromatic rings. The second-order valence-corrected chi connectivity index (χ2v) is 7.19. The number of carbonyl (C=O) groups is 1. The molecule has 3 unspecified atom stereocenters. The molecule has 1 heterocycles. The minimum atomic E-state index is -0.465. The summed E-state index contributed by atoms with van der Waals surface area (Å²) in [6, 6.07) is 0.956. The Morgan fingerprint density at radius 2 is 2.14 bits per heavy atom. The van der Waals surface area contributed by atoms with Gasteiger partial charge in [0.25, 0.3) is 0 Å². The average molecular weight is 295 g/mol. The highest BCUT2D eigenvalue weighted by atomic mass is 16.5. The van der Waals surface area contributed by atoms with Crippen molar-refractivity contribution in [2.24, 2.45) is 5.73 Å². The number of nitrogens with two attached hydrogens (primary N) is 1. The summed E-state index contributed by atoms with van der Waals surface area (Å²) < 4.78 is 5.83. The Morgan fingerprint density at radius 3 is 2.76 bits per heavy atom. The molecule has 2 saturated carbocycles. The van der Waals surface area contributed by atoms with Gasteiger partial charge in [-0.15, -0.1) is 0 Å². The summed E-state index contributed by atoms with van der Waals surface area (Å²) in [5.74, 6) is -0.167. The Morgan fingerprint density at radius 1 is 1.33 bits per heavy atom. The highest BCUT2D eigenvalue weighted by Gasteiger charge is 2.47. The number of ether oxygens (including phenoxy) is 1. The fourth-order valence-electron chi connectivity index (χ4n) is 3.86. The van der Waals surface area contributed by atoms with Gasteiger partial charge in [-0.2, -0.15) is 0 Å². The van der Waals surface area contributed by atoms with E-state index in [4.69, 9.17) is 10.5 Å². The van der Waals surface area contributed by atoms with Gasteiger partial charge in [-0.3, -0.25) is 4.79 Å². The Kier molecular flexibility index (Phi) is 4.52. The molecule has 0 bridgehead atoms. The van der Waals surface area contributed by atoms with Crippen LogP contribution < -0.4 is 11.1 Å². The van der Waals surface area contributed by atoms with Crippen LogP contribution in [-0.4, -0.2) is 54.7 Å². The molecule has 3 fully saturated rings. The fourth-order valence-corrected chi connectivity index (χ4v) is 3.86. The van der Waals surface area contributed by atoms with Crippen molar-refractivity contribution in [2.75, 3.05) is 20.2 Å². The van der Waals surface area contributed by atoms with E-state index in [1.54, 1.807) is 0 Å². The maximum Gasteiger partial charge on any atom is 0.237 e. The summed E-state index contributed by atoms with van der Waals surface area (Å²) in [6.07, 6.45) is 9.14. The lowest BCUT2D eigenvalue weighted by Crippen LogP contribution is -2.55. The quantitative estimate of drug-likeness (QED) is 0.767. The third kappa shape index (κ3) is 3.58. The average Bonchev–Trinajstić information content (AvgIpc) is 3.16. The highest BCUT2D eigenvalue weighted by Crippen LogP contribution is 2.36. The summed E-state index contributed by atoms with van der Waals surface area (Å²) in [5, 5.41) is 3.52. The van der Waals surface area contributed by atoms with Crippen LogP contribution in [0.2, 0.25) is 0 Å². The van der Waals surface area contributed by atoms with Crippen LogP contribution in [0.4, 0.5) is 0 Å². The molecule has 3 N–H and O–H groups in total. The molecule has 21 heavy (non-hydrogen) atoms. The van der Waals surface area contributed by atoms with Gasteiger partial charge in [-0.1, -0.05) is 0 Å². The van der Waals surface area contributed by atoms with Crippen LogP contribution in [0.25, 0.3) is 0 Å². The molecule has 5 nitrogen and oxygen atoms in total. The smallest absolute Gasteiger partial charge is 0.237 e. The summed E-state index contributed by atoms with van der Waals surface area (Å²) in [7, 11) is 2.16. The van der Waals surface area contributed by atoms with Crippen molar-refractivity contribution in [3.8, 4) is 0 Å². The van der Waals surface area contributed by atoms with Crippen LogP contribution in [0.3, 0.4) is 0 Å². The molecule has 2 aliphatic carbocycles. The van der Waals surface area contributed by atoms with Crippen molar-refractivity contribution in [3.05, 3.63) is 0 Å². The number of primary amides is 1. The zero-order valence-corrected chi connectivity index (χ0v) is 13.1. The molecule has 1 saturated heterocycles. The molecule has 1 aliphatic heterocycles. The van der Waals surface area contributed by atoms with E-state index < -0.39 is 5.54 Å². The first-order chi connectivity index (χ1) is 10.1. The van der Waals surface area contributed by atoms with E-state index in [1.807, 2.05) is 0 Å². The first-order valence-electron chi connectivity index (χ1n) is 8.48.